The lowest BCUT2D eigenvalue weighted by molar-refractivity contribution is -0.164. The van der Waals surface area contributed by atoms with Gasteiger partial charge >= 0.3 is 0 Å². The Hall–Kier alpha value is -2.32. The van der Waals surface area contributed by atoms with Crippen molar-refractivity contribution in [3.63, 3.8) is 0 Å². The molecule has 0 spiro atoms. The summed E-state index contributed by atoms with van der Waals surface area (Å²) in [5, 5.41) is -0.445. The lowest BCUT2D eigenvalue weighted by Gasteiger charge is -2.47. The van der Waals surface area contributed by atoms with Crippen LogP contribution in [0.2, 0.25) is 98.2 Å². The van der Waals surface area contributed by atoms with Crippen molar-refractivity contribution in [1.82, 2.24) is 0 Å². The third-order valence-electron chi connectivity index (χ3n) is 18.6. The van der Waals surface area contributed by atoms with E-state index in [9.17, 15) is 19.2 Å². The molecule has 0 amide bonds. The van der Waals surface area contributed by atoms with Crippen molar-refractivity contribution < 1.29 is 60.6 Å². The molecule has 0 bridgehead atoms. The maximum atomic E-state index is 14.8. The molecule has 0 unspecified atom stereocenters. The van der Waals surface area contributed by atoms with Gasteiger partial charge in [0.2, 0.25) is 0 Å². The van der Waals surface area contributed by atoms with Gasteiger partial charge in [0.1, 0.15) is 24.1 Å². The van der Waals surface area contributed by atoms with Crippen LogP contribution in [0.5, 0.6) is 5.75 Å². The summed E-state index contributed by atoms with van der Waals surface area (Å²) in [7, 11) is -9.37. The van der Waals surface area contributed by atoms with Gasteiger partial charge < -0.3 is 41.4 Å². The molecule has 0 fully saturated rings. The first kappa shape index (κ1) is 79.8. The van der Waals surface area contributed by atoms with Gasteiger partial charge in [-0.3, -0.25) is 19.2 Å². The molecule has 0 saturated heterocycles. The van der Waals surface area contributed by atoms with E-state index in [2.05, 4.69) is 174 Å². The number of Topliss-reactive ketones (excluding diaryl/α,β-unsaturated/α-hetero) is 4. The Morgan fingerprint density at radius 2 is 0.977 bits per heavy atom. The topological polar surface area (TPSA) is 151 Å². The van der Waals surface area contributed by atoms with Gasteiger partial charge in [-0.05, 0) is 133 Å². The van der Waals surface area contributed by atoms with Crippen LogP contribution in [0, 0.1) is 5.92 Å². The Morgan fingerprint density at radius 1 is 0.477 bits per heavy atom. The monoisotopic (exact) mass is 1290 g/mol. The fourth-order valence-corrected chi connectivity index (χ4v) is 14.9. The zero-order valence-corrected chi connectivity index (χ0v) is 64.0. The van der Waals surface area contributed by atoms with Gasteiger partial charge in [0.25, 0.3) is 0 Å². The first-order chi connectivity index (χ1) is 39.3. The molecule has 2 rings (SSSR count). The smallest absolute Gasteiger partial charge is 0.198 e. The van der Waals surface area contributed by atoms with Crippen LogP contribution >= 0.6 is 0 Å². The summed E-state index contributed by atoms with van der Waals surface area (Å²) in [6, 6.07) is 18.9. The second-order valence-corrected chi connectivity index (χ2v) is 56.3. The molecule has 0 aromatic heterocycles. The Kier molecular flexibility index (Phi) is 32.4. The van der Waals surface area contributed by atoms with Crippen molar-refractivity contribution in [2.24, 2.45) is 5.92 Å². The second kappa shape index (κ2) is 34.9. The molecule has 0 aliphatic carbocycles. The molecule has 0 saturated carbocycles. The maximum absolute atomic E-state index is 14.8. The number of benzene rings is 2. The molecule has 494 valence electrons. The molecule has 0 N–H and O–H groups in total. The molecule has 0 radical (unpaired) electrons. The average molecular weight is 1290 g/mol. The van der Waals surface area contributed by atoms with Gasteiger partial charge in [-0.15, -0.1) is 0 Å². The Bertz CT molecular complexity index is 2320. The van der Waals surface area contributed by atoms with Crippen molar-refractivity contribution in [3.8, 4) is 5.75 Å². The number of carbonyl (C=O) groups is 4. The standard InChI is InChI=1S/C68H124O13Si5/c1-52(63(77-51-75-44-45-82(15,16)17)64(81-86(24,25)68(11,12)13)62(80-85(22,23)67(8,9)10)50-76-49-53-30-27-26-28-31-53)46-56(70)47-59(79-84(20,21)66(5,6)7)33-29-32-55(69)36-40-60(71)61(72)41-39-58(78-83(18,19)65(2,3)4)42-43-74-48-54-34-37-57(73-14)38-35-54/h26-28,30-31,34-35,37-38,52,58-59,62-64H,29,32-33,36,39-51H2,1-25H3/t52-,58+,59-,62+,63-,64+/m0/s1. The SMILES string of the molecule is COc1ccc(COCC[C@@H](CCC(=O)C(=O)CCC(=O)CCC[C@@H](CC(=O)C[C@H](C)[C@H](OCOCC[Si](C)(C)C)[C@H](O[Si](C)(C)C(C)(C)C)[C@@H](COCc2ccccc2)O[Si](C)(C)C(C)(C)C)O[Si](C)(C)C(C)(C)C)O[Si](C)(C)C(C)(C)C)cc1. The van der Waals surface area contributed by atoms with E-state index in [1.54, 1.807) is 7.11 Å². The predicted molar refractivity (Wildman–Crippen MR) is 366 cm³/mol. The molecule has 0 aliphatic rings. The Morgan fingerprint density at radius 3 is 1.51 bits per heavy atom. The van der Waals surface area contributed by atoms with Crippen molar-refractivity contribution in [1.29, 1.82) is 0 Å². The number of ketones is 4. The summed E-state index contributed by atoms with van der Waals surface area (Å²) >= 11 is 0. The molecule has 6 atom stereocenters. The molecule has 86 heavy (non-hydrogen) atoms. The zero-order chi connectivity index (χ0) is 65.8. The van der Waals surface area contributed by atoms with Gasteiger partial charge in [0, 0.05) is 65.9 Å². The molecule has 0 aliphatic heterocycles. The molecule has 2 aromatic carbocycles. The minimum atomic E-state index is -2.54. The van der Waals surface area contributed by atoms with Gasteiger partial charge in [-0.2, -0.15) is 0 Å². The van der Waals surface area contributed by atoms with E-state index in [1.807, 2.05) is 42.5 Å². The zero-order valence-electron chi connectivity index (χ0n) is 59.0. The van der Waals surface area contributed by atoms with Crippen LogP contribution in [0.15, 0.2) is 54.6 Å². The quantitative estimate of drug-likeness (QED) is 0.0269. The molecular weight excluding hydrogens is 1170 g/mol. The first-order valence-electron chi connectivity index (χ1n) is 32.1. The number of methoxy groups -OCH3 is 1. The Labute approximate surface area is 529 Å². The van der Waals surface area contributed by atoms with Gasteiger partial charge in [0.15, 0.2) is 44.8 Å². The summed E-state index contributed by atoms with van der Waals surface area (Å²) in [6.45, 7) is 55.6. The van der Waals surface area contributed by atoms with E-state index in [0.717, 1.165) is 22.9 Å². The van der Waals surface area contributed by atoms with Crippen LogP contribution in [-0.4, -0.2) is 129 Å². The van der Waals surface area contributed by atoms with Gasteiger partial charge in [-0.25, -0.2) is 0 Å². The van der Waals surface area contributed by atoms with Gasteiger partial charge in [0.05, 0.1) is 51.3 Å². The van der Waals surface area contributed by atoms with Crippen LogP contribution in [-0.2, 0) is 69.0 Å². The van der Waals surface area contributed by atoms with Crippen LogP contribution in [0.25, 0.3) is 0 Å². The summed E-state index contributed by atoms with van der Waals surface area (Å²) in [5.74, 6) is -0.608. The highest BCUT2D eigenvalue weighted by molar-refractivity contribution is 6.76. The lowest BCUT2D eigenvalue weighted by Crippen LogP contribution is -2.58. The van der Waals surface area contributed by atoms with Crippen LogP contribution in [0.1, 0.15) is 165 Å². The van der Waals surface area contributed by atoms with E-state index in [1.165, 1.54) is 0 Å². The van der Waals surface area contributed by atoms with E-state index in [4.69, 9.17) is 41.4 Å². The molecule has 0 heterocycles. The molecule has 13 nitrogen and oxygen atoms in total. The van der Waals surface area contributed by atoms with E-state index >= 15 is 0 Å². The summed E-state index contributed by atoms with van der Waals surface area (Å²) < 4.78 is 60.0. The molecule has 18 heteroatoms. The fourth-order valence-electron chi connectivity index (χ4n) is 8.70. The van der Waals surface area contributed by atoms with Crippen LogP contribution in [0.4, 0.5) is 0 Å². The van der Waals surface area contributed by atoms with E-state index < -0.39 is 77.3 Å². The number of ether oxygens (including phenoxy) is 5. The van der Waals surface area contributed by atoms with Crippen molar-refractivity contribution in [2.45, 2.75) is 296 Å². The second-order valence-electron chi connectivity index (χ2n) is 31.7. The minimum absolute atomic E-state index is 0.0172. The maximum Gasteiger partial charge on any atom is 0.198 e. The van der Waals surface area contributed by atoms with Crippen molar-refractivity contribution >= 4 is 64.5 Å². The highest BCUT2D eigenvalue weighted by Gasteiger charge is 2.49. The number of carbonyl (C=O) groups excluding carboxylic acids is 4. The third kappa shape index (κ3) is 28.9. The lowest BCUT2D eigenvalue weighted by atomic mass is 9.90. The highest BCUT2D eigenvalue weighted by atomic mass is 28.4. The number of hydrogen-bond acceptors (Lipinski definition) is 13. The van der Waals surface area contributed by atoms with Crippen LogP contribution < -0.4 is 4.74 Å². The van der Waals surface area contributed by atoms with E-state index in [-0.39, 0.29) is 95.7 Å². The Balaban J connectivity index is 2.36. The summed E-state index contributed by atoms with van der Waals surface area (Å²) in [5.41, 5.74) is 2.09. The molecule has 2 aromatic rings. The van der Waals surface area contributed by atoms with Crippen molar-refractivity contribution in [3.05, 3.63) is 65.7 Å². The average Bonchev–Trinajstić information content (AvgIpc) is 1.27. The summed E-state index contributed by atoms with van der Waals surface area (Å²) in [6.07, 6.45) is 0.0228. The van der Waals surface area contributed by atoms with Crippen LogP contribution in [0.3, 0.4) is 0 Å². The third-order valence-corrected chi connectivity index (χ3v) is 38.4. The first-order valence-corrected chi connectivity index (χ1v) is 47.5. The normalized spacial score (nSPS) is 15.6. The predicted octanol–water partition coefficient (Wildman–Crippen LogP) is 17.5. The van der Waals surface area contributed by atoms with Crippen molar-refractivity contribution in [2.75, 3.05) is 33.7 Å². The largest absolute Gasteiger partial charge is 0.497 e. The highest BCUT2D eigenvalue weighted by Crippen LogP contribution is 2.43. The van der Waals surface area contributed by atoms with E-state index in [0.29, 0.717) is 52.1 Å². The van der Waals surface area contributed by atoms with Gasteiger partial charge in [-0.1, -0.05) is 152 Å². The number of hydrogen-bond donors (Lipinski definition) is 0. The number of rotatable bonds is 42. The minimum Gasteiger partial charge on any atom is -0.497 e. The summed E-state index contributed by atoms with van der Waals surface area (Å²) in [4.78, 5) is 55.0. The fraction of sp³-hybridized carbons (Fsp3) is 0.765. The molecular formula is C68H124O13Si5.